The number of benzene rings is 1. The molecule has 0 atom stereocenters. The Morgan fingerprint density at radius 1 is 1.27 bits per heavy atom. The van der Waals surface area contributed by atoms with Crippen molar-refractivity contribution < 1.29 is 9.53 Å². The summed E-state index contributed by atoms with van der Waals surface area (Å²) >= 11 is 0. The van der Waals surface area contributed by atoms with Crippen molar-refractivity contribution in [3.8, 4) is 0 Å². The van der Waals surface area contributed by atoms with Gasteiger partial charge < -0.3 is 10.1 Å². The lowest BCUT2D eigenvalue weighted by Gasteiger charge is -2.21. The monoisotopic (exact) mass is 299 g/mol. The van der Waals surface area contributed by atoms with Gasteiger partial charge in [0.05, 0.1) is 18.3 Å². The van der Waals surface area contributed by atoms with Crippen LogP contribution < -0.4 is 5.32 Å². The number of rotatable bonds is 5. The Morgan fingerprint density at radius 3 is 2.82 bits per heavy atom. The van der Waals surface area contributed by atoms with Gasteiger partial charge in [-0.1, -0.05) is 30.3 Å². The fourth-order valence-corrected chi connectivity index (χ4v) is 2.71. The van der Waals surface area contributed by atoms with Gasteiger partial charge in [-0.15, -0.1) is 0 Å². The van der Waals surface area contributed by atoms with E-state index in [0.717, 1.165) is 43.9 Å². The fraction of sp³-hybridized carbons (Fsp3) is 0.412. The van der Waals surface area contributed by atoms with Crippen LogP contribution in [0.1, 0.15) is 18.4 Å². The minimum absolute atomic E-state index is 0.0168. The summed E-state index contributed by atoms with van der Waals surface area (Å²) < 4.78 is 7.28. The highest BCUT2D eigenvalue weighted by Gasteiger charge is 2.15. The predicted molar refractivity (Wildman–Crippen MR) is 84.5 cm³/mol. The molecule has 0 unspecified atom stereocenters. The summed E-state index contributed by atoms with van der Waals surface area (Å²) in [6.45, 7) is 2.57. The standard InChI is InChI=1S/C17H21N3O2/c21-17(10-14-4-2-1-3-5-14)19-16-11-18-20(13-16)12-15-6-8-22-9-7-15/h1-5,11,13,15H,6-10,12H2,(H,19,21). The minimum atomic E-state index is -0.0168. The molecule has 1 fully saturated rings. The summed E-state index contributed by atoms with van der Waals surface area (Å²) in [4.78, 5) is 12.0. The van der Waals surface area contributed by atoms with Gasteiger partial charge in [0.15, 0.2) is 0 Å². The van der Waals surface area contributed by atoms with Crippen LogP contribution in [0.15, 0.2) is 42.7 Å². The Labute approximate surface area is 130 Å². The molecule has 3 rings (SSSR count). The number of hydrogen-bond acceptors (Lipinski definition) is 3. The van der Waals surface area contributed by atoms with E-state index in [0.29, 0.717) is 12.3 Å². The van der Waals surface area contributed by atoms with Crippen molar-refractivity contribution in [2.24, 2.45) is 5.92 Å². The van der Waals surface area contributed by atoms with Crippen molar-refractivity contribution in [1.82, 2.24) is 9.78 Å². The predicted octanol–water partition coefficient (Wildman–Crippen LogP) is 2.49. The van der Waals surface area contributed by atoms with E-state index in [-0.39, 0.29) is 5.91 Å². The quantitative estimate of drug-likeness (QED) is 0.923. The second-order valence-electron chi connectivity index (χ2n) is 5.72. The highest BCUT2D eigenvalue weighted by atomic mass is 16.5. The first-order valence-electron chi connectivity index (χ1n) is 7.73. The molecule has 1 aliphatic heterocycles. The topological polar surface area (TPSA) is 56.2 Å². The SMILES string of the molecule is O=C(Cc1ccccc1)Nc1cnn(CC2CCOCC2)c1. The first kappa shape index (κ1) is 14.8. The molecule has 1 saturated heterocycles. The van der Waals surface area contributed by atoms with E-state index in [4.69, 9.17) is 4.74 Å². The van der Waals surface area contributed by atoms with Crippen molar-refractivity contribution in [2.75, 3.05) is 18.5 Å². The summed E-state index contributed by atoms with van der Waals surface area (Å²) in [7, 11) is 0. The van der Waals surface area contributed by atoms with Gasteiger partial charge in [0, 0.05) is 26.0 Å². The number of carbonyl (C=O) groups excluding carboxylic acids is 1. The van der Waals surface area contributed by atoms with E-state index in [2.05, 4.69) is 10.4 Å². The summed E-state index contributed by atoms with van der Waals surface area (Å²) in [6, 6.07) is 9.73. The lowest BCUT2D eigenvalue weighted by molar-refractivity contribution is -0.115. The van der Waals surface area contributed by atoms with Crippen LogP contribution in [0.5, 0.6) is 0 Å². The lowest BCUT2D eigenvalue weighted by Crippen LogP contribution is -2.20. The summed E-state index contributed by atoms with van der Waals surface area (Å²) in [6.07, 6.45) is 6.15. The van der Waals surface area contributed by atoms with Gasteiger partial charge in [-0.25, -0.2) is 0 Å². The molecule has 5 nitrogen and oxygen atoms in total. The van der Waals surface area contributed by atoms with Gasteiger partial charge in [0.1, 0.15) is 0 Å². The highest BCUT2D eigenvalue weighted by molar-refractivity contribution is 5.91. The molecule has 1 aromatic heterocycles. The smallest absolute Gasteiger partial charge is 0.228 e. The summed E-state index contributed by atoms with van der Waals surface area (Å²) in [5.41, 5.74) is 1.77. The first-order chi connectivity index (χ1) is 10.8. The number of aromatic nitrogens is 2. The highest BCUT2D eigenvalue weighted by Crippen LogP contribution is 2.17. The van der Waals surface area contributed by atoms with Gasteiger partial charge in [0.25, 0.3) is 0 Å². The molecule has 1 aliphatic rings. The Kier molecular flexibility index (Phi) is 4.85. The second kappa shape index (κ2) is 7.22. The number of nitrogens with zero attached hydrogens (tertiary/aromatic N) is 2. The van der Waals surface area contributed by atoms with Crippen LogP contribution in [-0.4, -0.2) is 28.9 Å². The zero-order valence-corrected chi connectivity index (χ0v) is 12.6. The van der Waals surface area contributed by atoms with Crippen molar-refractivity contribution >= 4 is 11.6 Å². The van der Waals surface area contributed by atoms with Crippen LogP contribution in [0.25, 0.3) is 0 Å². The Hall–Kier alpha value is -2.14. The molecule has 0 spiro atoms. The number of anilines is 1. The van der Waals surface area contributed by atoms with Crippen LogP contribution in [0.4, 0.5) is 5.69 Å². The average molecular weight is 299 g/mol. The van der Waals surface area contributed by atoms with Crippen molar-refractivity contribution in [1.29, 1.82) is 0 Å². The molecule has 0 bridgehead atoms. The molecule has 5 heteroatoms. The third-order valence-electron chi connectivity index (χ3n) is 3.91. The Morgan fingerprint density at radius 2 is 2.05 bits per heavy atom. The average Bonchev–Trinajstić information content (AvgIpc) is 2.96. The van der Waals surface area contributed by atoms with E-state index < -0.39 is 0 Å². The second-order valence-corrected chi connectivity index (χ2v) is 5.72. The van der Waals surface area contributed by atoms with E-state index >= 15 is 0 Å². The number of ether oxygens (including phenoxy) is 1. The van der Waals surface area contributed by atoms with E-state index in [1.54, 1.807) is 6.20 Å². The van der Waals surface area contributed by atoms with Gasteiger partial charge in [-0.05, 0) is 24.3 Å². The Bertz CT molecular complexity index is 603. The maximum absolute atomic E-state index is 12.0. The molecule has 0 aliphatic carbocycles. The van der Waals surface area contributed by atoms with Crippen LogP contribution in [-0.2, 0) is 22.5 Å². The van der Waals surface area contributed by atoms with Gasteiger partial charge in [-0.2, -0.15) is 5.10 Å². The molecular formula is C17H21N3O2. The summed E-state index contributed by atoms with van der Waals surface area (Å²) in [5, 5.41) is 7.23. The molecule has 116 valence electrons. The Balaban J connectivity index is 1.51. The molecule has 0 radical (unpaired) electrons. The lowest BCUT2D eigenvalue weighted by atomic mass is 10.0. The zero-order valence-electron chi connectivity index (χ0n) is 12.6. The third-order valence-corrected chi connectivity index (χ3v) is 3.91. The van der Waals surface area contributed by atoms with Crippen LogP contribution in [0.3, 0.4) is 0 Å². The molecule has 1 amide bonds. The van der Waals surface area contributed by atoms with Crippen LogP contribution >= 0.6 is 0 Å². The maximum atomic E-state index is 12.0. The molecular weight excluding hydrogens is 278 g/mol. The molecule has 1 N–H and O–H groups in total. The number of amides is 1. The van der Waals surface area contributed by atoms with Crippen molar-refractivity contribution in [3.63, 3.8) is 0 Å². The summed E-state index contributed by atoms with van der Waals surface area (Å²) in [5.74, 6) is 0.596. The normalized spacial score (nSPS) is 15.6. The molecule has 1 aromatic carbocycles. The maximum Gasteiger partial charge on any atom is 0.228 e. The van der Waals surface area contributed by atoms with Gasteiger partial charge in [-0.3, -0.25) is 9.48 Å². The number of nitrogens with one attached hydrogen (secondary N) is 1. The van der Waals surface area contributed by atoms with Gasteiger partial charge >= 0.3 is 0 Å². The molecule has 2 heterocycles. The third kappa shape index (κ3) is 4.18. The number of hydrogen-bond donors (Lipinski definition) is 1. The fourth-order valence-electron chi connectivity index (χ4n) is 2.71. The molecule has 0 saturated carbocycles. The van der Waals surface area contributed by atoms with Crippen LogP contribution in [0, 0.1) is 5.92 Å². The molecule has 2 aromatic rings. The van der Waals surface area contributed by atoms with Gasteiger partial charge in [0.2, 0.25) is 5.91 Å². The first-order valence-corrected chi connectivity index (χ1v) is 7.73. The molecule has 22 heavy (non-hydrogen) atoms. The van der Waals surface area contributed by atoms with Crippen molar-refractivity contribution in [2.45, 2.75) is 25.8 Å². The van der Waals surface area contributed by atoms with E-state index in [1.807, 2.05) is 41.2 Å². The number of carbonyl (C=O) groups is 1. The largest absolute Gasteiger partial charge is 0.381 e. The zero-order chi connectivity index (χ0) is 15.2. The minimum Gasteiger partial charge on any atom is -0.381 e. The van der Waals surface area contributed by atoms with Crippen molar-refractivity contribution in [3.05, 3.63) is 48.3 Å². The van der Waals surface area contributed by atoms with E-state index in [1.165, 1.54) is 0 Å². The van der Waals surface area contributed by atoms with E-state index in [9.17, 15) is 4.79 Å². The van der Waals surface area contributed by atoms with Crippen LogP contribution in [0.2, 0.25) is 0 Å².